The molecule has 0 bridgehead atoms. The van der Waals surface area contributed by atoms with Gasteiger partial charge in [-0.1, -0.05) is 11.6 Å². The molecule has 2 heterocycles. The van der Waals surface area contributed by atoms with Crippen molar-refractivity contribution in [3.63, 3.8) is 0 Å². The molecule has 1 aromatic rings. The third-order valence-corrected chi connectivity index (χ3v) is 3.62. The zero-order chi connectivity index (χ0) is 11.8. The van der Waals surface area contributed by atoms with Crippen molar-refractivity contribution >= 4 is 11.6 Å². The molecule has 1 saturated heterocycles. The maximum absolute atomic E-state index is 6.28. The van der Waals surface area contributed by atoms with Crippen LogP contribution in [0.25, 0.3) is 0 Å². The van der Waals surface area contributed by atoms with Crippen LogP contribution >= 0.6 is 11.6 Å². The molecule has 0 saturated carbocycles. The maximum Gasteiger partial charge on any atom is 0.231 e. The Morgan fingerprint density at radius 1 is 1.41 bits per heavy atom. The molecule has 92 valence electrons. The van der Waals surface area contributed by atoms with Gasteiger partial charge in [0.2, 0.25) is 6.79 Å². The van der Waals surface area contributed by atoms with E-state index in [9.17, 15) is 0 Å². The zero-order valence-electron chi connectivity index (χ0n) is 9.59. The van der Waals surface area contributed by atoms with Crippen LogP contribution < -0.4 is 14.8 Å². The Kier molecular flexibility index (Phi) is 2.86. The second kappa shape index (κ2) is 4.37. The topological polar surface area (TPSA) is 39.7 Å². The minimum absolute atomic E-state index is 0.0377. The summed E-state index contributed by atoms with van der Waals surface area (Å²) < 4.78 is 16.5. The predicted molar refractivity (Wildman–Crippen MR) is 63.9 cm³/mol. The Hall–Kier alpha value is -0.970. The molecular formula is C12H14ClNO3. The van der Waals surface area contributed by atoms with Crippen molar-refractivity contribution in [1.29, 1.82) is 0 Å². The Bertz CT molecular complexity index is 444. The quantitative estimate of drug-likeness (QED) is 0.834. The van der Waals surface area contributed by atoms with Crippen molar-refractivity contribution < 1.29 is 14.2 Å². The van der Waals surface area contributed by atoms with Gasteiger partial charge in [-0.15, -0.1) is 0 Å². The largest absolute Gasteiger partial charge is 0.454 e. The van der Waals surface area contributed by atoms with Gasteiger partial charge in [-0.05, 0) is 24.1 Å². The van der Waals surface area contributed by atoms with Crippen molar-refractivity contribution in [2.45, 2.75) is 13.0 Å². The van der Waals surface area contributed by atoms with Crippen molar-refractivity contribution in [1.82, 2.24) is 5.32 Å². The maximum atomic E-state index is 6.28. The Morgan fingerprint density at radius 2 is 2.29 bits per heavy atom. The molecule has 0 spiro atoms. The van der Waals surface area contributed by atoms with Crippen molar-refractivity contribution in [2.24, 2.45) is 0 Å². The molecule has 3 rings (SSSR count). The van der Waals surface area contributed by atoms with Gasteiger partial charge in [0.15, 0.2) is 11.5 Å². The monoisotopic (exact) mass is 255 g/mol. The highest BCUT2D eigenvalue weighted by molar-refractivity contribution is 6.33. The summed E-state index contributed by atoms with van der Waals surface area (Å²) in [5, 5.41) is 3.94. The molecule has 17 heavy (non-hydrogen) atoms. The lowest BCUT2D eigenvalue weighted by Crippen LogP contribution is -2.33. The number of morpholine rings is 1. The normalized spacial score (nSPS) is 22.8. The standard InChI is InChI=1S/C12H14ClNO3/c1-7-8(10-5-14-2-3-15-10)4-9-12(11(7)13)17-6-16-9/h4,10,14H,2-3,5-6H2,1H3. The molecular weight excluding hydrogens is 242 g/mol. The van der Waals surface area contributed by atoms with Crippen LogP contribution in [0, 0.1) is 6.92 Å². The van der Waals surface area contributed by atoms with E-state index < -0.39 is 0 Å². The lowest BCUT2D eigenvalue weighted by Gasteiger charge is -2.25. The van der Waals surface area contributed by atoms with Gasteiger partial charge in [0.25, 0.3) is 0 Å². The van der Waals surface area contributed by atoms with Crippen LogP contribution in [-0.4, -0.2) is 26.5 Å². The van der Waals surface area contributed by atoms with E-state index in [2.05, 4.69) is 5.32 Å². The first-order chi connectivity index (χ1) is 8.27. The van der Waals surface area contributed by atoms with Gasteiger partial charge >= 0.3 is 0 Å². The number of ether oxygens (including phenoxy) is 3. The van der Waals surface area contributed by atoms with Crippen LogP contribution in [0.1, 0.15) is 17.2 Å². The summed E-state index contributed by atoms with van der Waals surface area (Å²) in [6.07, 6.45) is 0.0377. The summed E-state index contributed by atoms with van der Waals surface area (Å²) in [5.74, 6) is 1.36. The number of nitrogens with one attached hydrogen (secondary N) is 1. The fourth-order valence-corrected chi connectivity index (χ4v) is 2.47. The lowest BCUT2D eigenvalue weighted by atomic mass is 10.0. The molecule has 0 aromatic heterocycles. The summed E-state index contributed by atoms with van der Waals surface area (Å²) in [7, 11) is 0. The number of hydrogen-bond acceptors (Lipinski definition) is 4. The molecule has 0 radical (unpaired) electrons. The second-order valence-electron chi connectivity index (χ2n) is 4.20. The average Bonchev–Trinajstić information content (AvgIpc) is 2.83. The third kappa shape index (κ3) is 1.86. The molecule has 4 nitrogen and oxygen atoms in total. The molecule has 1 unspecified atom stereocenters. The van der Waals surface area contributed by atoms with E-state index in [0.717, 1.165) is 30.8 Å². The van der Waals surface area contributed by atoms with Gasteiger partial charge in [0.1, 0.15) is 0 Å². The summed E-state index contributed by atoms with van der Waals surface area (Å²) in [4.78, 5) is 0. The average molecular weight is 256 g/mol. The van der Waals surface area contributed by atoms with Gasteiger partial charge in [-0.3, -0.25) is 0 Å². The van der Waals surface area contributed by atoms with E-state index >= 15 is 0 Å². The number of fused-ring (bicyclic) bond motifs is 1. The number of halogens is 1. The lowest BCUT2D eigenvalue weighted by molar-refractivity contribution is 0.0272. The molecule has 1 aromatic carbocycles. The molecule has 1 N–H and O–H groups in total. The van der Waals surface area contributed by atoms with Crippen molar-refractivity contribution in [2.75, 3.05) is 26.5 Å². The molecule has 1 atom stereocenters. The summed E-state index contributed by atoms with van der Waals surface area (Å²) in [6, 6.07) is 1.97. The van der Waals surface area contributed by atoms with Crippen molar-refractivity contribution in [3.8, 4) is 11.5 Å². The molecule has 0 amide bonds. The Morgan fingerprint density at radius 3 is 3.06 bits per heavy atom. The van der Waals surface area contributed by atoms with Crippen LogP contribution in [0.15, 0.2) is 6.07 Å². The summed E-state index contributed by atoms with van der Waals surface area (Å²) in [5.41, 5.74) is 2.08. The predicted octanol–water partition coefficient (Wildman–Crippen LogP) is 2.04. The van der Waals surface area contributed by atoms with E-state index in [4.69, 9.17) is 25.8 Å². The summed E-state index contributed by atoms with van der Waals surface area (Å²) >= 11 is 6.28. The number of benzene rings is 1. The van der Waals surface area contributed by atoms with Crippen LogP contribution in [0.4, 0.5) is 0 Å². The van der Waals surface area contributed by atoms with E-state index in [-0.39, 0.29) is 12.9 Å². The minimum atomic E-state index is 0.0377. The first kappa shape index (κ1) is 11.1. The fraction of sp³-hybridized carbons (Fsp3) is 0.500. The van der Waals surface area contributed by atoms with Gasteiger partial charge in [-0.25, -0.2) is 0 Å². The second-order valence-corrected chi connectivity index (χ2v) is 4.58. The highest BCUT2D eigenvalue weighted by Crippen LogP contribution is 2.44. The zero-order valence-corrected chi connectivity index (χ0v) is 10.3. The molecule has 2 aliphatic rings. The first-order valence-electron chi connectivity index (χ1n) is 5.68. The van der Waals surface area contributed by atoms with Crippen LogP contribution in [0.2, 0.25) is 5.02 Å². The molecule has 5 heteroatoms. The van der Waals surface area contributed by atoms with Gasteiger partial charge in [0, 0.05) is 13.1 Å². The third-order valence-electron chi connectivity index (χ3n) is 3.16. The van der Waals surface area contributed by atoms with Gasteiger partial charge < -0.3 is 19.5 Å². The van der Waals surface area contributed by atoms with E-state index in [1.807, 2.05) is 13.0 Å². The van der Waals surface area contributed by atoms with Gasteiger partial charge in [-0.2, -0.15) is 0 Å². The first-order valence-corrected chi connectivity index (χ1v) is 6.06. The van der Waals surface area contributed by atoms with Crippen LogP contribution in [0.5, 0.6) is 11.5 Å². The van der Waals surface area contributed by atoms with E-state index in [1.54, 1.807) is 0 Å². The molecule has 2 aliphatic heterocycles. The van der Waals surface area contributed by atoms with Crippen molar-refractivity contribution in [3.05, 3.63) is 22.2 Å². The smallest absolute Gasteiger partial charge is 0.231 e. The van der Waals surface area contributed by atoms with Crippen LogP contribution in [0.3, 0.4) is 0 Å². The van der Waals surface area contributed by atoms with Gasteiger partial charge in [0.05, 0.1) is 17.7 Å². The molecule has 1 fully saturated rings. The molecule has 0 aliphatic carbocycles. The highest BCUT2D eigenvalue weighted by atomic mass is 35.5. The van der Waals surface area contributed by atoms with Crippen LogP contribution in [-0.2, 0) is 4.74 Å². The number of hydrogen-bond donors (Lipinski definition) is 1. The minimum Gasteiger partial charge on any atom is -0.454 e. The summed E-state index contributed by atoms with van der Waals surface area (Å²) in [6.45, 7) is 4.64. The fourth-order valence-electron chi connectivity index (χ4n) is 2.21. The van der Waals surface area contributed by atoms with E-state index in [0.29, 0.717) is 16.5 Å². The number of rotatable bonds is 1. The highest BCUT2D eigenvalue weighted by Gasteiger charge is 2.26. The Balaban J connectivity index is 2.01. The van der Waals surface area contributed by atoms with E-state index in [1.165, 1.54) is 0 Å². The SMILES string of the molecule is Cc1c(C2CNCCO2)cc2c(c1Cl)OCO2. The Labute approximate surface area is 105 Å².